The van der Waals surface area contributed by atoms with Crippen molar-refractivity contribution in [3.05, 3.63) is 23.4 Å². The Kier molecular flexibility index (Phi) is 4.56. The number of piperidine rings is 1. The third kappa shape index (κ3) is 3.86. The van der Waals surface area contributed by atoms with Gasteiger partial charge in [-0.1, -0.05) is 5.16 Å². The summed E-state index contributed by atoms with van der Waals surface area (Å²) in [6.07, 6.45) is 2.88. The van der Waals surface area contributed by atoms with Gasteiger partial charge in [0.1, 0.15) is 5.76 Å². The van der Waals surface area contributed by atoms with Crippen LogP contribution in [0, 0.1) is 12.8 Å². The smallest absolute Gasteiger partial charge is 0.323 e. The van der Waals surface area contributed by atoms with Crippen molar-refractivity contribution in [2.45, 2.75) is 19.8 Å². The van der Waals surface area contributed by atoms with Crippen molar-refractivity contribution in [3.8, 4) is 0 Å². The molecule has 0 radical (unpaired) electrons. The number of hydrogen-bond donors (Lipinski definition) is 2. The Morgan fingerprint density at radius 3 is 2.74 bits per heavy atom. The number of likely N-dealkylation sites (tertiary alicyclic amines) is 1. The third-order valence-electron chi connectivity index (χ3n) is 3.68. The number of hydrogen-bond acceptors (Lipinski definition) is 6. The largest absolute Gasteiger partial charge is 0.360 e. The third-order valence-corrected chi connectivity index (χ3v) is 4.37. The maximum atomic E-state index is 12.2. The highest BCUT2D eigenvalue weighted by Crippen LogP contribution is 2.20. The van der Waals surface area contributed by atoms with Crippen LogP contribution in [0.5, 0.6) is 0 Å². The normalized spacial score (nSPS) is 15.4. The van der Waals surface area contributed by atoms with E-state index in [4.69, 9.17) is 4.52 Å². The molecule has 0 unspecified atom stereocenters. The van der Waals surface area contributed by atoms with Gasteiger partial charge >= 0.3 is 6.03 Å². The molecule has 23 heavy (non-hydrogen) atoms. The average molecular weight is 335 g/mol. The van der Waals surface area contributed by atoms with Crippen LogP contribution < -0.4 is 10.6 Å². The lowest BCUT2D eigenvalue weighted by molar-refractivity contribution is -0.121. The van der Waals surface area contributed by atoms with E-state index in [1.165, 1.54) is 11.3 Å². The maximum absolute atomic E-state index is 12.2. The minimum atomic E-state index is -0.175. The molecule has 9 heteroatoms. The van der Waals surface area contributed by atoms with Crippen molar-refractivity contribution in [1.29, 1.82) is 0 Å². The minimum Gasteiger partial charge on any atom is -0.360 e. The fourth-order valence-electron chi connectivity index (χ4n) is 2.45. The van der Waals surface area contributed by atoms with Gasteiger partial charge in [-0.25, -0.2) is 9.78 Å². The van der Waals surface area contributed by atoms with Crippen LogP contribution in [0.2, 0.25) is 0 Å². The summed E-state index contributed by atoms with van der Waals surface area (Å²) in [6.45, 7) is 2.84. The standard InChI is InChI=1S/C14H17N5O3S/c1-9-8-11(18-22-9)16-12(20)10-2-5-19(6-3-10)14(21)17-13-15-4-7-23-13/h4,7-8,10H,2-3,5-6H2,1H3,(H,15,17,21)(H,16,18,20). The number of aryl methyl sites for hydroxylation is 1. The highest BCUT2D eigenvalue weighted by molar-refractivity contribution is 7.13. The first-order valence-electron chi connectivity index (χ1n) is 7.31. The van der Waals surface area contributed by atoms with E-state index in [1.54, 1.807) is 29.5 Å². The van der Waals surface area contributed by atoms with Gasteiger partial charge in [0.25, 0.3) is 0 Å². The Morgan fingerprint density at radius 2 is 2.13 bits per heavy atom. The van der Waals surface area contributed by atoms with Gasteiger partial charge in [-0.05, 0) is 19.8 Å². The molecule has 1 saturated heterocycles. The van der Waals surface area contributed by atoms with Crippen LogP contribution in [-0.4, -0.2) is 40.1 Å². The van der Waals surface area contributed by atoms with E-state index >= 15 is 0 Å². The molecule has 1 aliphatic rings. The number of carbonyl (C=O) groups excluding carboxylic acids is 2. The van der Waals surface area contributed by atoms with Gasteiger partial charge in [-0.2, -0.15) is 0 Å². The molecule has 2 aromatic heterocycles. The number of thiazole rings is 1. The van der Waals surface area contributed by atoms with Crippen molar-refractivity contribution < 1.29 is 14.1 Å². The second-order valence-corrected chi connectivity index (χ2v) is 6.24. The molecule has 1 fully saturated rings. The zero-order valence-corrected chi connectivity index (χ0v) is 13.4. The predicted molar refractivity (Wildman–Crippen MR) is 85.3 cm³/mol. The molecule has 3 amide bonds. The van der Waals surface area contributed by atoms with Gasteiger partial charge in [0.05, 0.1) is 0 Å². The van der Waals surface area contributed by atoms with E-state index < -0.39 is 0 Å². The number of aromatic nitrogens is 2. The van der Waals surface area contributed by atoms with E-state index in [0.717, 1.165) is 0 Å². The fourth-order valence-corrected chi connectivity index (χ4v) is 2.97. The van der Waals surface area contributed by atoms with E-state index in [9.17, 15) is 9.59 Å². The van der Waals surface area contributed by atoms with Crippen molar-refractivity contribution in [3.63, 3.8) is 0 Å². The second kappa shape index (κ2) is 6.78. The Hall–Kier alpha value is -2.42. The summed E-state index contributed by atoms with van der Waals surface area (Å²) in [7, 11) is 0. The van der Waals surface area contributed by atoms with E-state index in [-0.39, 0.29) is 17.9 Å². The second-order valence-electron chi connectivity index (χ2n) is 5.34. The van der Waals surface area contributed by atoms with Gasteiger partial charge in [0.15, 0.2) is 10.9 Å². The number of rotatable bonds is 3. The Labute approximate surface area is 136 Å². The van der Waals surface area contributed by atoms with Crippen molar-refractivity contribution in [1.82, 2.24) is 15.0 Å². The highest BCUT2D eigenvalue weighted by atomic mass is 32.1. The summed E-state index contributed by atoms with van der Waals surface area (Å²) in [6, 6.07) is 1.50. The van der Waals surface area contributed by atoms with E-state index in [2.05, 4.69) is 20.8 Å². The van der Waals surface area contributed by atoms with E-state index in [0.29, 0.717) is 42.6 Å². The monoisotopic (exact) mass is 335 g/mol. The molecule has 0 spiro atoms. The molecule has 1 aliphatic heterocycles. The lowest BCUT2D eigenvalue weighted by Crippen LogP contribution is -2.43. The average Bonchev–Trinajstić information content (AvgIpc) is 3.19. The van der Waals surface area contributed by atoms with Crippen molar-refractivity contribution in [2.75, 3.05) is 23.7 Å². The predicted octanol–water partition coefficient (Wildman–Crippen LogP) is 2.32. The number of anilines is 2. The lowest BCUT2D eigenvalue weighted by Gasteiger charge is -2.30. The molecule has 0 bridgehead atoms. The number of nitrogens with zero attached hydrogens (tertiary/aromatic N) is 3. The quantitative estimate of drug-likeness (QED) is 0.896. The van der Waals surface area contributed by atoms with Crippen LogP contribution >= 0.6 is 11.3 Å². The summed E-state index contributed by atoms with van der Waals surface area (Å²) in [5, 5.41) is 11.6. The summed E-state index contributed by atoms with van der Waals surface area (Å²) < 4.78 is 4.92. The topological polar surface area (TPSA) is 100 Å². The summed E-state index contributed by atoms with van der Waals surface area (Å²) in [5.74, 6) is 0.861. The zero-order valence-electron chi connectivity index (χ0n) is 12.6. The first-order chi connectivity index (χ1) is 11.1. The summed E-state index contributed by atoms with van der Waals surface area (Å²) in [4.78, 5) is 30.0. The van der Waals surface area contributed by atoms with Crippen molar-refractivity contribution >= 4 is 34.2 Å². The molecule has 3 rings (SSSR count). The first-order valence-corrected chi connectivity index (χ1v) is 8.19. The molecule has 2 aromatic rings. The number of amides is 3. The Morgan fingerprint density at radius 1 is 1.35 bits per heavy atom. The van der Waals surface area contributed by atoms with Gasteiger partial charge in [0.2, 0.25) is 5.91 Å². The van der Waals surface area contributed by atoms with Gasteiger partial charge in [-0.15, -0.1) is 11.3 Å². The van der Waals surface area contributed by atoms with Crippen molar-refractivity contribution in [2.24, 2.45) is 5.92 Å². The minimum absolute atomic E-state index is 0.0849. The zero-order chi connectivity index (χ0) is 16.2. The summed E-state index contributed by atoms with van der Waals surface area (Å²) in [5.41, 5.74) is 0. The Balaban J connectivity index is 1.47. The molecule has 0 aliphatic carbocycles. The van der Waals surface area contributed by atoms with Crippen LogP contribution in [0.3, 0.4) is 0 Å². The van der Waals surface area contributed by atoms with Gasteiger partial charge < -0.3 is 14.7 Å². The lowest BCUT2D eigenvalue weighted by atomic mass is 9.96. The molecular formula is C14H17N5O3S. The molecule has 2 N–H and O–H groups in total. The molecule has 0 saturated carbocycles. The highest BCUT2D eigenvalue weighted by Gasteiger charge is 2.28. The number of carbonyl (C=O) groups is 2. The fraction of sp³-hybridized carbons (Fsp3) is 0.429. The van der Waals surface area contributed by atoms with Crippen LogP contribution in [0.4, 0.5) is 15.7 Å². The Bertz CT molecular complexity index is 676. The molecule has 8 nitrogen and oxygen atoms in total. The van der Waals surface area contributed by atoms with Gasteiger partial charge in [0, 0.05) is 36.7 Å². The molecule has 3 heterocycles. The van der Waals surface area contributed by atoms with Gasteiger partial charge in [-0.3, -0.25) is 10.1 Å². The maximum Gasteiger partial charge on any atom is 0.323 e. The molecule has 122 valence electrons. The summed E-state index contributed by atoms with van der Waals surface area (Å²) >= 11 is 1.37. The molecular weight excluding hydrogens is 318 g/mol. The molecule has 0 atom stereocenters. The van der Waals surface area contributed by atoms with Crippen LogP contribution in [0.15, 0.2) is 22.2 Å². The van der Waals surface area contributed by atoms with E-state index in [1.807, 2.05) is 0 Å². The first kappa shape index (κ1) is 15.5. The number of nitrogens with one attached hydrogen (secondary N) is 2. The number of urea groups is 1. The SMILES string of the molecule is Cc1cc(NC(=O)C2CCN(C(=O)Nc3nccs3)CC2)no1. The van der Waals surface area contributed by atoms with Crippen LogP contribution in [0.1, 0.15) is 18.6 Å². The molecule has 0 aromatic carbocycles. The van der Waals surface area contributed by atoms with Crippen LogP contribution in [0.25, 0.3) is 0 Å². The van der Waals surface area contributed by atoms with Crippen LogP contribution in [-0.2, 0) is 4.79 Å².